The summed E-state index contributed by atoms with van der Waals surface area (Å²) < 4.78 is 5.26. The number of rotatable bonds is 4. The molecule has 1 amide bonds. The first-order valence-electron chi connectivity index (χ1n) is 6.92. The summed E-state index contributed by atoms with van der Waals surface area (Å²) >= 11 is 0. The van der Waals surface area contributed by atoms with Crippen LogP contribution in [0.1, 0.15) is 54.8 Å². The average molecular weight is 280 g/mol. The van der Waals surface area contributed by atoms with E-state index < -0.39 is 17.4 Å². The summed E-state index contributed by atoms with van der Waals surface area (Å²) in [4.78, 5) is 23.7. The van der Waals surface area contributed by atoms with Gasteiger partial charge in [0.15, 0.2) is 5.76 Å². The van der Waals surface area contributed by atoms with Crippen molar-refractivity contribution in [3.63, 3.8) is 0 Å². The van der Waals surface area contributed by atoms with Gasteiger partial charge in [-0.1, -0.05) is 25.7 Å². The van der Waals surface area contributed by atoms with Gasteiger partial charge >= 0.3 is 5.97 Å². The van der Waals surface area contributed by atoms with Gasteiger partial charge in [0.25, 0.3) is 5.91 Å². The van der Waals surface area contributed by atoms with E-state index in [4.69, 9.17) is 10.2 Å². The molecule has 1 saturated carbocycles. The van der Waals surface area contributed by atoms with Gasteiger partial charge in [0.1, 0.15) is 11.3 Å². The number of carbonyl (C=O) groups excluding carboxylic acids is 1. The van der Waals surface area contributed by atoms with Crippen molar-refractivity contribution in [3.05, 3.63) is 23.7 Å². The van der Waals surface area contributed by atoms with Crippen LogP contribution in [0, 0.1) is 0 Å². The van der Waals surface area contributed by atoms with Crippen LogP contribution >= 0.6 is 0 Å². The molecule has 0 saturated heterocycles. The fourth-order valence-electron chi connectivity index (χ4n) is 2.61. The number of carbonyl (C=O) groups is 2. The van der Waals surface area contributed by atoms with Crippen LogP contribution in [0.5, 0.6) is 0 Å². The lowest BCUT2D eigenvalue weighted by Crippen LogP contribution is -2.54. The molecule has 1 aromatic rings. The highest BCUT2D eigenvalue weighted by atomic mass is 16.4. The maximum absolute atomic E-state index is 12.2. The highest BCUT2D eigenvalue weighted by molar-refractivity contribution is 5.95. The second-order valence-electron chi connectivity index (χ2n) is 5.23. The lowest BCUT2D eigenvalue weighted by atomic mass is 9.90. The lowest BCUT2D eigenvalue weighted by molar-refractivity contribution is -0.145. The van der Waals surface area contributed by atoms with Crippen LogP contribution in [0.4, 0.5) is 0 Å². The predicted molar refractivity (Wildman–Crippen MR) is 72.1 cm³/mol. The molecule has 1 aromatic heterocycles. The Hall–Kier alpha value is -1.82. The maximum Gasteiger partial charge on any atom is 0.329 e. The van der Waals surface area contributed by atoms with Crippen molar-refractivity contribution in [2.45, 2.75) is 50.6 Å². The normalized spacial score (nSPS) is 18.2. The van der Waals surface area contributed by atoms with Gasteiger partial charge < -0.3 is 20.6 Å². The monoisotopic (exact) mass is 280 g/mol. The molecular weight excluding hydrogens is 260 g/mol. The highest BCUT2D eigenvalue weighted by Gasteiger charge is 2.40. The highest BCUT2D eigenvalue weighted by Crippen LogP contribution is 2.28. The standard InChI is InChI=1S/C14H20N2O4/c15-9-10-5-6-11(20-10)12(17)16-14(13(18)19)7-3-1-2-4-8-14/h5-6H,1-4,7-9,15H2,(H,16,17)(H,18,19). The Morgan fingerprint density at radius 1 is 1.25 bits per heavy atom. The number of hydrogen-bond acceptors (Lipinski definition) is 4. The smallest absolute Gasteiger partial charge is 0.329 e. The number of carboxylic acids is 1. The molecule has 0 unspecified atom stereocenters. The van der Waals surface area contributed by atoms with Crippen molar-refractivity contribution in [1.29, 1.82) is 0 Å². The molecule has 20 heavy (non-hydrogen) atoms. The number of amides is 1. The van der Waals surface area contributed by atoms with E-state index in [1.54, 1.807) is 6.07 Å². The fourth-order valence-corrected chi connectivity index (χ4v) is 2.61. The molecule has 0 bridgehead atoms. The molecule has 0 atom stereocenters. The molecular formula is C14H20N2O4. The minimum Gasteiger partial charge on any atom is -0.480 e. The van der Waals surface area contributed by atoms with Gasteiger partial charge in [0.2, 0.25) is 0 Å². The van der Waals surface area contributed by atoms with E-state index in [-0.39, 0.29) is 12.3 Å². The van der Waals surface area contributed by atoms with Gasteiger partial charge in [-0.25, -0.2) is 4.79 Å². The van der Waals surface area contributed by atoms with E-state index in [0.717, 1.165) is 25.7 Å². The summed E-state index contributed by atoms with van der Waals surface area (Å²) in [6, 6.07) is 3.14. The number of aliphatic carboxylic acids is 1. The second-order valence-corrected chi connectivity index (χ2v) is 5.23. The molecule has 1 aliphatic rings. The summed E-state index contributed by atoms with van der Waals surface area (Å²) in [7, 11) is 0. The largest absolute Gasteiger partial charge is 0.480 e. The van der Waals surface area contributed by atoms with Crippen molar-refractivity contribution in [3.8, 4) is 0 Å². The Kier molecular flexibility index (Phi) is 4.44. The summed E-state index contributed by atoms with van der Waals surface area (Å²) in [6.07, 6.45) is 4.53. The van der Waals surface area contributed by atoms with Crippen LogP contribution in [-0.2, 0) is 11.3 Å². The van der Waals surface area contributed by atoms with Gasteiger partial charge in [0.05, 0.1) is 6.54 Å². The zero-order valence-corrected chi connectivity index (χ0v) is 11.4. The van der Waals surface area contributed by atoms with Crippen LogP contribution in [0.3, 0.4) is 0 Å². The third kappa shape index (κ3) is 3.01. The Balaban J connectivity index is 2.14. The van der Waals surface area contributed by atoms with Crippen LogP contribution in [-0.4, -0.2) is 22.5 Å². The van der Waals surface area contributed by atoms with Crippen molar-refractivity contribution < 1.29 is 19.1 Å². The van der Waals surface area contributed by atoms with E-state index in [1.807, 2.05) is 0 Å². The summed E-state index contributed by atoms with van der Waals surface area (Å²) in [5, 5.41) is 12.1. The third-order valence-corrected chi connectivity index (χ3v) is 3.81. The first-order valence-corrected chi connectivity index (χ1v) is 6.92. The topological polar surface area (TPSA) is 106 Å². The number of nitrogens with two attached hydrogens (primary N) is 1. The van der Waals surface area contributed by atoms with Crippen LogP contribution in [0.2, 0.25) is 0 Å². The average Bonchev–Trinajstić information content (AvgIpc) is 2.79. The first kappa shape index (κ1) is 14.6. The second kappa shape index (κ2) is 6.09. The zero-order valence-electron chi connectivity index (χ0n) is 11.4. The molecule has 0 spiro atoms. The van der Waals surface area contributed by atoms with E-state index in [0.29, 0.717) is 18.6 Å². The number of furan rings is 1. The Morgan fingerprint density at radius 3 is 2.40 bits per heavy atom. The molecule has 0 aliphatic heterocycles. The molecule has 110 valence electrons. The van der Waals surface area contributed by atoms with Crippen LogP contribution in [0.15, 0.2) is 16.5 Å². The summed E-state index contributed by atoms with van der Waals surface area (Å²) in [5.41, 5.74) is 4.25. The van der Waals surface area contributed by atoms with Gasteiger partial charge in [-0.05, 0) is 25.0 Å². The van der Waals surface area contributed by atoms with Crippen molar-refractivity contribution in [1.82, 2.24) is 5.32 Å². The predicted octanol–water partition coefficient (Wildman–Crippen LogP) is 1.65. The van der Waals surface area contributed by atoms with Crippen LogP contribution in [0.25, 0.3) is 0 Å². The number of nitrogens with one attached hydrogen (secondary N) is 1. The van der Waals surface area contributed by atoms with Crippen molar-refractivity contribution in [2.75, 3.05) is 0 Å². The SMILES string of the molecule is NCc1ccc(C(=O)NC2(C(=O)O)CCCCCC2)o1. The van der Waals surface area contributed by atoms with E-state index in [9.17, 15) is 14.7 Å². The molecule has 1 aliphatic carbocycles. The Morgan fingerprint density at radius 2 is 1.90 bits per heavy atom. The van der Waals surface area contributed by atoms with Gasteiger partial charge in [-0.3, -0.25) is 4.79 Å². The molecule has 0 radical (unpaired) electrons. The molecule has 1 heterocycles. The van der Waals surface area contributed by atoms with Gasteiger partial charge in [-0.15, -0.1) is 0 Å². The van der Waals surface area contributed by atoms with Gasteiger partial charge in [0, 0.05) is 0 Å². The molecule has 6 nitrogen and oxygen atoms in total. The Labute approximate surface area is 117 Å². The van der Waals surface area contributed by atoms with Crippen molar-refractivity contribution in [2.24, 2.45) is 5.73 Å². The fraction of sp³-hybridized carbons (Fsp3) is 0.571. The first-order chi connectivity index (χ1) is 9.57. The van der Waals surface area contributed by atoms with Gasteiger partial charge in [-0.2, -0.15) is 0 Å². The van der Waals surface area contributed by atoms with E-state index >= 15 is 0 Å². The maximum atomic E-state index is 12.2. The molecule has 6 heteroatoms. The molecule has 0 aromatic carbocycles. The molecule has 4 N–H and O–H groups in total. The number of hydrogen-bond donors (Lipinski definition) is 3. The third-order valence-electron chi connectivity index (χ3n) is 3.81. The van der Waals surface area contributed by atoms with E-state index in [2.05, 4.69) is 5.32 Å². The number of carboxylic acid groups (broad SMARTS) is 1. The van der Waals surface area contributed by atoms with Crippen LogP contribution < -0.4 is 11.1 Å². The minimum atomic E-state index is -1.18. The molecule has 2 rings (SSSR count). The summed E-state index contributed by atoms with van der Waals surface area (Å²) in [6.45, 7) is 0.206. The Bertz CT molecular complexity index is 487. The molecule has 1 fully saturated rings. The van der Waals surface area contributed by atoms with Crippen molar-refractivity contribution >= 4 is 11.9 Å². The minimum absolute atomic E-state index is 0.107. The quantitative estimate of drug-likeness (QED) is 0.727. The van der Waals surface area contributed by atoms with E-state index in [1.165, 1.54) is 6.07 Å². The lowest BCUT2D eigenvalue weighted by Gasteiger charge is -2.28. The summed E-state index contributed by atoms with van der Waals surface area (Å²) in [5.74, 6) is -0.858. The zero-order chi connectivity index (χ0) is 14.6.